The zero-order chi connectivity index (χ0) is 17.8. The van der Waals surface area contributed by atoms with Crippen molar-refractivity contribution in [1.29, 1.82) is 0 Å². The van der Waals surface area contributed by atoms with Gasteiger partial charge in [-0.1, -0.05) is 11.6 Å². The highest BCUT2D eigenvalue weighted by atomic mass is 35.5. The number of rotatable bonds is 4. The van der Waals surface area contributed by atoms with Gasteiger partial charge in [-0.3, -0.25) is 9.78 Å². The highest BCUT2D eigenvalue weighted by Gasteiger charge is 2.13. The van der Waals surface area contributed by atoms with Crippen molar-refractivity contribution in [3.8, 4) is 0 Å². The molecule has 0 radical (unpaired) electrons. The van der Waals surface area contributed by atoms with E-state index in [1.165, 1.54) is 12.1 Å². The maximum atomic E-state index is 13.0. The lowest BCUT2D eigenvalue weighted by molar-refractivity contribution is 0.102. The lowest BCUT2D eigenvalue weighted by atomic mass is 10.2. The molecule has 1 amide bonds. The zero-order valence-corrected chi connectivity index (χ0v) is 14.0. The number of pyridine rings is 2. The van der Waals surface area contributed by atoms with Gasteiger partial charge in [0, 0.05) is 11.9 Å². The summed E-state index contributed by atoms with van der Waals surface area (Å²) < 4.78 is 13.0. The van der Waals surface area contributed by atoms with Crippen LogP contribution >= 0.6 is 11.6 Å². The molecule has 0 bridgehead atoms. The number of amides is 1. The first-order chi connectivity index (χ1) is 12.0. The van der Waals surface area contributed by atoms with Crippen molar-refractivity contribution in [3.63, 3.8) is 0 Å². The van der Waals surface area contributed by atoms with Gasteiger partial charge >= 0.3 is 0 Å². The Kier molecular flexibility index (Phi) is 4.90. The number of aryl methyl sites for hydroxylation is 1. The summed E-state index contributed by atoms with van der Waals surface area (Å²) in [6.45, 7) is 1.71. The van der Waals surface area contributed by atoms with Crippen LogP contribution in [-0.4, -0.2) is 15.9 Å². The van der Waals surface area contributed by atoms with Crippen LogP contribution in [0.25, 0.3) is 0 Å². The first kappa shape index (κ1) is 16.9. The number of hydrogen-bond donors (Lipinski definition) is 2. The molecule has 0 atom stereocenters. The maximum absolute atomic E-state index is 13.0. The Hall–Kier alpha value is -2.99. The van der Waals surface area contributed by atoms with E-state index in [0.717, 1.165) is 0 Å². The molecule has 2 N–H and O–H groups in total. The smallest absolute Gasteiger partial charge is 0.257 e. The number of nitrogens with one attached hydrogen (secondary N) is 2. The Balaban J connectivity index is 1.83. The van der Waals surface area contributed by atoms with Crippen LogP contribution < -0.4 is 10.6 Å². The summed E-state index contributed by atoms with van der Waals surface area (Å²) in [7, 11) is 0. The molecule has 0 spiro atoms. The lowest BCUT2D eigenvalue weighted by Gasteiger charge is -2.13. The van der Waals surface area contributed by atoms with Crippen molar-refractivity contribution in [1.82, 2.24) is 9.97 Å². The number of carbonyl (C=O) groups is 1. The minimum absolute atomic E-state index is 0.310. The van der Waals surface area contributed by atoms with Crippen molar-refractivity contribution >= 4 is 34.6 Å². The molecule has 25 heavy (non-hydrogen) atoms. The van der Waals surface area contributed by atoms with Gasteiger partial charge in [-0.05, 0) is 49.4 Å². The second-order valence-electron chi connectivity index (χ2n) is 5.27. The van der Waals surface area contributed by atoms with E-state index in [-0.39, 0.29) is 11.7 Å². The van der Waals surface area contributed by atoms with Crippen LogP contribution in [0.3, 0.4) is 0 Å². The molecule has 1 aromatic carbocycles. The molecule has 0 saturated heterocycles. The largest absolute Gasteiger partial charge is 0.353 e. The monoisotopic (exact) mass is 356 g/mol. The van der Waals surface area contributed by atoms with E-state index < -0.39 is 0 Å². The minimum Gasteiger partial charge on any atom is -0.353 e. The third-order valence-corrected chi connectivity index (χ3v) is 3.70. The van der Waals surface area contributed by atoms with Crippen LogP contribution in [0.4, 0.5) is 21.5 Å². The van der Waals surface area contributed by atoms with E-state index in [2.05, 4.69) is 20.6 Å². The number of carbonyl (C=O) groups excluding carboxylic acids is 1. The van der Waals surface area contributed by atoms with Crippen LogP contribution in [0.15, 0.2) is 54.9 Å². The quantitative estimate of drug-likeness (QED) is 0.672. The van der Waals surface area contributed by atoms with Crippen LogP contribution in [-0.2, 0) is 0 Å². The molecule has 0 saturated carbocycles. The number of aromatic nitrogens is 2. The summed E-state index contributed by atoms with van der Waals surface area (Å²) >= 11 is 5.82. The summed E-state index contributed by atoms with van der Waals surface area (Å²) in [4.78, 5) is 20.6. The molecule has 7 heteroatoms. The average Bonchev–Trinajstić information content (AvgIpc) is 2.58. The zero-order valence-electron chi connectivity index (χ0n) is 13.3. The van der Waals surface area contributed by atoms with E-state index in [0.29, 0.717) is 33.5 Å². The van der Waals surface area contributed by atoms with Gasteiger partial charge in [0.05, 0.1) is 28.8 Å². The molecule has 126 valence electrons. The Morgan fingerprint density at radius 1 is 1.08 bits per heavy atom. The van der Waals surface area contributed by atoms with Crippen molar-refractivity contribution in [2.75, 3.05) is 10.6 Å². The van der Waals surface area contributed by atoms with Gasteiger partial charge in [-0.25, -0.2) is 9.37 Å². The molecule has 0 aliphatic rings. The van der Waals surface area contributed by atoms with E-state index in [1.807, 2.05) is 0 Å². The number of halogens is 2. The molecular formula is C18H14ClFN4O. The number of hydrogen-bond acceptors (Lipinski definition) is 4. The number of benzene rings is 1. The Morgan fingerprint density at radius 3 is 2.56 bits per heavy atom. The van der Waals surface area contributed by atoms with E-state index >= 15 is 0 Å². The summed E-state index contributed by atoms with van der Waals surface area (Å²) in [5.74, 6) is -0.633. The third kappa shape index (κ3) is 4.10. The van der Waals surface area contributed by atoms with Gasteiger partial charge in [-0.2, -0.15) is 0 Å². The molecular weight excluding hydrogens is 343 g/mol. The van der Waals surface area contributed by atoms with Crippen LogP contribution in [0.5, 0.6) is 0 Å². The topological polar surface area (TPSA) is 66.9 Å². The lowest BCUT2D eigenvalue weighted by Crippen LogP contribution is -2.15. The van der Waals surface area contributed by atoms with Crippen LogP contribution in [0, 0.1) is 12.7 Å². The highest BCUT2D eigenvalue weighted by molar-refractivity contribution is 6.29. The fourth-order valence-electron chi connectivity index (χ4n) is 2.25. The molecule has 3 rings (SSSR count). The van der Waals surface area contributed by atoms with Crippen molar-refractivity contribution in [2.45, 2.75) is 6.92 Å². The predicted octanol–water partition coefficient (Wildman–Crippen LogP) is 4.57. The van der Waals surface area contributed by atoms with Crippen molar-refractivity contribution in [3.05, 3.63) is 77.1 Å². The van der Waals surface area contributed by atoms with Gasteiger partial charge in [-0.15, -0.1) is 0 Å². The molecule has 0 aliphatic heterocycles. The maximum Gasteiger partial charge on any atom is 0.257 e. The SMILES string of the molecule is Cc1nc(Cl)ccc1C(=O)Nc1ccncc1Nc1ccc(F)cc1. The second kappa shape index (κ2) is 7.27. The fraction of sp³-hybridized carbons (Fsp3) is 0.0556. The van der Waals surface area contributed by atoms with E-state index in [9.17, 15) is 9.18 Å². The molecule has 0 unspecified atom stereocenters. The van der Waals surface area contributed by atoms with Gasteiger partial charge in [0.25, 0.3) is 5.91 Å². The summed E-state index contributed by atoms with van der Waals surface area (Å²) in [5.41, 5.74) is 2.76. The van der Waals surface area contributed by atoms with Gasteiger partial charge in [0.2, 0.25) is 0 Å². The van der Waals surface area contributed by atoms with E-state index in [1.54, 1.807) is 49.6 Å². The van der Waals surface area contributed by atoms with Crippen LogP contribution in [0.1, 0.15) is 16.1 Å². The Labute approximate surface area is 148 Å². The molecule has 2 aromatic heterocycles. The van der Waals surface area contributed by atoms with E-state index in [4.69, 9.17) is 11.6 Å². The number of nitrogens with zero attached hydrogens (tertiary/aromatic N) is 2. The first-order valence-electron chi connectivity index (χ1n) is 7.44. The second-order valence-corrected chi connectivity index (χ2v) is 5.66. The number of anilines is 3. The standard InChI is InChI=1S/C18H14ClFN4O/c1-11-14(6-7-17(19)22-11)18(25)24-15-8-9-21-10-16(15)23-13-4-2-12(20)3-5-13/h2-10,23H,1H3,(H,21,24,25). The molecule has 0 aliphatic carbocycles. The first-order valence-corrected chi connectivity index (χ1v) is 7.82. The minimum atomic E-state index is -0.323. The van der Waals surface area contributed by atoms with Crippen LogP contribution in [0.2, 0.25) is 5.15 Å². The van der Waals surface area contributed by atoms with Crippen molar-refractivity contribution in [2.24, 2.45) is 0 Å². The fourth-order valence-corrected chi connectivity index (χ4v) is 2.44. The summed E-state index contributed by atoms with van der Waals surface area (Å²) in [6, 6.07) is 10.7. The highest BCUT2D eigenvalue weighted by Crippen LogP contribution is 2.25. The van der Waals surface area contributed by atoms with Crippen molar-refractivity contribution < 1.29 is 9.18 Å². The van der Waals surface area contributed by atoms with Gasteiger partial charge < -0.3 is 10.6 Å². The molecule has 0 fully saturated rings. The summed E-state index contributed by atoms with van der Waals surface area (Å²) in [5, 5.41) is 6.25. The third-order valence-electron chi connectivity index (χ3n) is 3.49. The normalized spacial score (nSPS) is 10.4. The Bertz CT molecular complexity index is 915. The molecule has 3 aromatic rings. The molecule has 5 nitrogen and oxygen atoms in total. The Morgan fingerprint density at radius 2 is 1.84 bits per heavy atom. The summed E-state index contributed by atoms with van der Waals surface area (Å²) in [6.07, 6.45) is 3.14. The average molecular weight is 357 g/mol. The molecule has 2 heterocycles. The van der Waals surface area contributed by atoms with Gasteiger partial charge in [0.15, 0.2) is 0 Å². The van der Waals surface area contributed by atoms with Gasteiger partial charge in [0.1, 0.15) is 11.0 Å². The predicted molar refractivity (Wildman–Crippen MR) is 95.9 cm³/mol.